The van der Waals surface area contributed by atoms with Crippen molar-refractivity contribution in [2.75, 3.05) is 41.5 Å². The zero-order chi connectivity index (χ0) is 77.3. The molecule has 3 aliphatic heterocycles. The van der Waals surface area contributed by atoms with Crippen LogP contribution in [0.2, 0.25) is 10.0 Å². The van der Waals surface area contributed by atoms with Crippen LogP contribution in [0.5, 0.6) is 17.2 Å². The second-order valence-electron chi connectivity index (χ2n) is 25.6. The average molecular weight is 1520 g/mol. The highest BCUT2D eigenvalue weighted by molar-refractivity contribution is 7.89. The highest BCUT2D eigenvalue weighted by Gasteiger charge is 2.34. The molecule has 0 aliphatic carbocycles. The van der Waals surface area contributed by atoms with Gasteiger partial charge < -0.3 is 29.4 Å². The summed E-state index contributed by atoms with van der Waals surface area (Å²) in [7, 11) is 2.84. The quantitative estimate of drug-likeness (QED) is 0.0719. The standard InChI is InChI=1S/C24H27N5O2.C22H22ClN5O2.C21H19ClN4O2.C13H16N2O3S/c1-5-16-7-9-17(10-8-16)23-19-13-18(31-4)11-12-21(19)29-15(3)27-28-24(29)20(26-23)14-22(30)25-6-2;1-4-24-20(29)12-18-22-27-26-13(2)28(22)19-10-9-16(30-3)11-17(19)21(25-18)14-5-7-15(23)8-6-14;1-12(27)10-18-21-25-24-13(2)26(21)19-9-8-16(28-3)11-17(19)20(23-18)14-4-6-15(22)7-5-14;1-8-5-6-11(7-12(8)19(16,17)14-4)13-9(2)15-18-10(13)3/h7-13,20H,5-6,14H2,1-4H3,(H,25,30);5-11,18H,4,12H2,1-3H3,(H,24,29);4-9,11,18H,10H2,1-3H3;5-7,14H,1-4H3/t20-;2*18-;/m000./s1. The van der Waals surface area contributed by atoms with Gasteiger partial charge in [0.1, 0.15) is 64.4 Å². The van der Waals surface area contributed by atoms with Crippen LogP contribution < -0.4 is 29.6 Å². The number of methoxy groups -OCH3 is 3. The molecule has 558 valence electrons. The number of aliphatic imine (C=N–C) groups is 3. The van der Waals surface area contributed by atoms with Gasteiger partial charge in [-0.05, 0) is 177 Å². The van der Waals surface area contributed by atoms with Gasteiger partial charge in [-0.1, -0.05) is 95.9 Å². The van der Waals surface area contributed by atoms with Crippen molar-refractivity contribution in [3.8, 4) is 45.4 Å². The third kappa shape index (κ3) is 16.9. The number of aromatic nitrogens is 10. The van der Waals surface area contributed by atoms with Crippen LogP contribution in [0.1, 0.15) is 156 Å². The molecule has 3 atom stereocenters. The van der Waals surface area contributed by atoms with Crippen molar-refractivity contribution < 1.29 is 41.5 Å². The number of benzene rings is 7. The maximum absolute atomic E-state index is 12.5. The fourth-order valence-electron chi connectivity index (χ4n) is 13.0. The Morgan fingerprint density at radius 2 is 0.861 bits per heavy atom. The molecule has 25 nitrogen and oxygen atoms in total. The summed E-state index contributed by atoms with van der Waals surface area (Å²) in [5, 5.41) is 36.8. The minimum absolute atomic E-state index is 0.0416. The normalized spacial score (nSPS) is 14.4. The Morgan fingerprint density at radius 1 is 0.491 bits per heavy atom. The lowest BCUT2D eigenvalue weighted by Gasteiger charge is -2.14. The van der Waals surface area contributed by atoms with Gasteiger partial charge in [0.05, 0.1) is 79.0 Å². The van der Waals surface area contributed by atoms with Crippen molar-refractivity contribution in [2.45, 2.75) is 118 Å². The molecule has 0 radical (unpaired) electrons. The summed E-state index contributed by atoms with van der Waals surface area (Å²) < 4.78 is 53.7. The van der Waals surface area contributed by atoms with Crippen molar-refractivity contribution in [2.24, 2.45) is 15.0 Å². The fourth-order valence-corrected chi connectivity index (χ4v) is 14.3. The number of rotatable bonds is 18. The Bertz CT molecular complexity index is 5360. The van der Waals surface area contributed by atoms with Crippen LogP contribution in [-0.2, 0) is 30.8 Å². The predicted molar refractivity (Wildman–Crippen MR) is 416 cm³/mol. The predicted octanol–water partition coefficient (Wildman–Crippen LogP) is 13.5. The Morgan fingerprint density at radius 3 is 1.19 bits per heavy atom. The number of ether oxygens (including phenoxy) is 3. The molecule has 0 spiro atoms. The summed E-state index contributed by atoms with van der Waals surface area (Å²) in [4.78, 5) is 52.2. The summed E-state index contributed by atoms with van der Waals surface area (Å²) in [5.41, 5.74) is 14.9. The van der Waals surface area contributed by atoms with Crippen molar-refractivity contribution in [3.05, 3.63) is 247 Å². The lowest BCUT2D eigenvalue weighted by Crippen LogP contribution is -2.25. The molecule has 11 aromatic rings. The van der Waals surface area contributed by atoms with Gasteiger partial charge in [0, 0.05) is 68.5 Å². The van der Waals surface area contributed by atoms with Gasteiger partial charge in [-0.25, -0.2) is 13.1 Å². The molecule has 0 fully saturated rings. The lowest BCUT2D eigenvalue weighted by atomic mass is 9.98. The first kappa shape index (κ1) is 77.8. The number of carbonyl (C=O) groups is 3. The monoisotopic (exact) mass is 1510 g/mol. The number of hydrogen-bond donors (Lipinski definition) is 3. The number of amides is 2. The number of aryl methyl sites for hydroxylation is 7. The number of nitrogens with zero attached hydrogens (tertiary/aromatic N) is 13. The molecule has 0 saturated heterocycles. The largest absolute Gasteiger partial charge is 0.497 e. The molecule has 14 rings (SSSR count). The molecular weight excluding hydrogens is 1430 g/mol. The van der Waals surface area contributed by atoms with Crippen LogP contribution in [0, 0.1) is 41.5 Å². The van der Waals surface area contributed by atoms with Gasteiger partial charge in [0.25, 0.3) is 0 Å². The second-order valence-corrected chi connectivity index (χ2v) is 28.4. The number of fused-ring (bicyclic) bond motifs is 9. The molecule has 7 aromatic carbocycles. The van der Waals surface area contributed by atoms with Crippen LogP contribution in [0.3, 0.4) is 0 Å². The summed E-state index contributed by atoms with van der Waals surface area (Å²) in [6, 6.07) is 44.9. The van der Waals surface area contributed by atoms with Crippen LogP contribution in [-0.4, -0.2) is 134 Å². The van der Waals surface area contributed by atoms with E-state index in [-0.39, 0.29) is 41.8 Å². The summed E-state index contributed by atoms with van der Waals surface area (Å²) in [6.45, 7) is 19.7. The van der Waals surface area contributed by atoms with Crippen LogP contribution in [0.25, 0.3) is 28.2 Å². The van der Waals surface area contributed by atoms with Gasteiger partial charge in [-0.3, -0.25) is 43.1 Å². The van der Waals surface area contributed by atoms with Crippen LogP contribution in [0.4, 0.5) is 0 Å². The molecule has 0 saturated carbocycles. The van der Waals surface area contributed by atoms with E-state index in [0.29, 0.717) is 57.7 Å². The molecular formula is C80H84Cl2N16O9S. The third-order valence-electron chi connectivity index (χ3n) is 18.3. The number of sulfonamides is 1. The number of nitrogens with one attached hydrogen (secondary N) is 3. The Hall–Kier alpha value is -11.3. The fraction of sp³-hybridized carbons (Fsp3) is 0.287. The lowest BCUT2D eigenvalue weighted by molar-refractivity contribution is -0.122. The molecule has 28 heteroatoms. The highest BCUT2D eigenvalue weighted by Crippen LogP contribution is 2.39. The molecule has 3 N–H and O–H groups in total. The van der Waals surface area contributed by atoms with Crippen molar-refractivity contribution in [3.63, 3.8) is 0 Å². The van der Waals surface area contributed by atoms with Crippen molar-refractivity contribution in [1.29, 1.82) is 0 Å². The number of Topliss-reactive ketones (excluding diaryl/α,β-unsaturated/α-hetero) is 1. The van der Waals surface area contributed by atoms with E-state index in [9.17, 15) is 22.8 Å². The van der Waals surface area contributed by atoms with E-state index < -0.39 is 28.1 Å². The summed E-state index contributed by atoms with van der Waals surface area (Å²) in [6.07, 6.45) is 1.60. The van der Waals surface area contributed by atoms with E-state index >= 15 is 0 Å². The Balaban J connectivity index is 0.000000145. The number of halogens is 2. The SMILES string of the molecule is CCNC(=O)C[C@@H]1N=C(c2ccc(CC)cc2)c2cc(OC)ccc2-n2c(C)nnc21.CCNC(=O)C[C@@H]1N=C(c2ccc(Cl)cc2)c2cc(OC)ccc2-n2c(C)nnc21.CNS(=O)(=O)c1cc(-c2c(C)noc2C)ccc1C.COc1ccc2c(c1)C(c1ccc(Cl)cc1)=N[C@@H](CC(C)=O)c1nnc(C)n1-2. The van der Waals surface area contributed by atoms with E-state index in [1.807, 2.05) is 164 Å². The molecule has 4 aromatic heterocycles. The van der Waals surface area contributed by atoms with E-state index in [0.717, 1.165) is 120 Å². The van der Waals surface area contributed by atoms with Gasteiger partial charge in [-0.2, -0.15) is 0 Å². The van der Waals surface area contributed by atoms with E-state index in [2.05, 4.69) is 82.3 Å². The minimum Gasteiger partial charge on any atom is -0.497 e. The van der Waals surface area contributed by atoms with Gasteiger partial charge in [-0.15, -0.1) is 30.6 Å². The van der Waals surface area contributed by atoms with Crippen LogP contribution >= 0.6 is 23.2 Å². The third-order valence-corrected chi connectivity index (χ3v) is 20.4. The number of ketones is 1. The Labute approximate surface area is 637 Å². The second kappa shape index (κ2) is 34.1. The molecule has 0 unspecified atom stereocenters. The van der Waals surface area contributed by atoms with Crippen LogP contribution in [0.15, 0.2) is 170 Å². The highest BCUT2D eigenvalue weighted by atomic mass is 35.5. The zero-order valence-electron chi connectivity index (χ0n) is 62.5. The topological polar surface area (TPSA) is 304 Å². The number of hydrogen-bond acceptors (Lipinski definition) is 19. The average Bonchev–Trinajstić information content (AvgIpc) is 1.62. The van der Waals surface area contributed by atoms with Crippen molar-refractivity contribution in [1.82, 2.24) is 64.8 Å². The first-order valence-corrected chi connectivity index (χ1v) is 37.3. The first-order chi connectivity index (χ1) is 51.9. The first-order valence-electron chi connectivity index (χ1n) is 35.1. The zero-order valence-corrected chi connectivity index (χ0v) is 64.8. The molecule has 108 heavy (non-hydrogen) atoms. The van der Waals surface area contributed by atoms with Gasteiger partial charge >= 0.3 is 0 Å². The van der Waals surface area contributed by atoms with E-state index in [4.69, 9.17) is 56.9 Å². The molecule has 2 amide bonds. The molecule has 3 aliphatic rings. The van der Waals surface area contributed by atoms with Gasteiger partial charge in [0.15, 0.2) is 17.5 Å². The minimum atomic E-state index is -3.47. The maximum Gasteiger partial charge on any atom is 0.240 e. The van der Waals surface area contributed by atoms with E-state index in [1.54, 1.807) is 54.2 Å². The maximum atomic E-state index is 12.5. The van der Waals surface area contributed by atoms with Crippen molar-refractivity contribution >= 4 is 68.0 Å². The van der Waals surface area contributed by atoms with E-state index in [1.165, 1.54) is 12.6 Å². The molecule has 7 heterocycles. The number of carbonyl (C=O) groups excluding carboxylic acids is 3. The smallest absolute Gasteiger partial charge is 0.240 e. The molecule has 0 bridgehead atoms. The summed E-state index contributed by atoms with van der Waals surface area (Å²) >= 11 is 12.2. The summed E-state index contributed by atoms with van der Waals surface area (Å²) in [5.74, 6) is 6.91. The Kier molecular flexibility index (Phi) is 24.5. The van der Waals surface area contributed by atoms with Gasteiger partial charge in [0.2, 0.25) is 21.8 Å².